The third-order valence-corrected chi connectivity index (χ3v) is 8.16. The second-order valence-corrected chi connectivity index (χ2v) is 11.0. The molecule has 1 aliphatic heterocycles. The lowest BCUT2D eigenvalue weighted by Crippen LogP contribution is -2.44. The molecule has 180 valence electrons. The van der Waals surface area contributed by atoms with E-state index in [0.29, 0.717) is 29.4 Å². The second kappa shape index (κ2) is 7.37. The summed E-state index contributed by atoms with van der Waals surface area (Å²) in [7, 11) is 0. The zero-order chi connectivity index (χ0) is 23.7. The first-order valence-corrected chi connectivity index (χ1v) is 12.0. The van der Waals surface area contributed by atoms with Crippen LogP contribution in [0.3, 0.4) is 0 Å². The van der Waals surface area contributed by atoms with E-state index < -0.39 is 17.6 Å². The number of nitrogens with zero attached hydrogens (tertiary/aromatic N) is 5. The number of aliphatic hydroxyl groups is 2. The Labute approximate surface area is 198 Å². The summed E-state index contributed by atoms with van der Waals surface area (Å²) in [5.74, 6) is 0.979. The first-order chi connectivity index (χ1) is 16.2. The van der Waals surface area contributed by atoms with Gasteiger partial charge in [0.05, 0.1) is 47.6 Å². The van der Waals surface area contributed by atoms with Crippen molar-refractivity contribution in [2.24, 2.45) is 11.3 Å². The van der Waals surface area contributed by atoms with Gasteiger partial charge in [0.15, 0.2) is 5.82 Å². The van der Waals surface area contributed by atoms with Crippen LogP contribution in [0, 0.1) is 11.3 Å². The fourth-order valence-corrected chi connectivity index (χ4v) is 5.93. The highest BCUT2D eigenvalue weighted by Gasteiger charge is 2.59. The molecule has 1 saturated heterocycles. The van der Waals surface area contributed by atoms with Crippen LogP contribution in [0.15, 0.2) is 36.9 Å². The molecule has 3 aromatic rings. The van der Waals surface area contributed by atoms with Crippen molar-refractivity contribution in [3.05, 3.63) is 42.6 Å². The van der Waals surface area contributed by atoms with Crippen molar-refractivity contribution in [2.45, 2.75) is 70.1 Å². The monoisotopic (exact) mass is 464 g/mol. The third kappa shape index (κ3) is 3.62. The number of fused-ring (bicyclic) bond motifs is 1. The first-order valence-electron chi connectivity index (χ1n) is 12.0. The molecule has 3 fully saturated rings. The van der Waals surface area contributed by atoms with Crippen molar-refractivity contribution >= 4 is 22.5 Å². The Balaban J connectivity index is 1.24. The lowest BCUT2D eigenvalue weighted by Gasteiger charge is -2.42. The molecule has 2 saturated carbocycles. The van der Waals surface area contributed by atoms with Crippen molar-refractivity contribution in [1.82, 2.24) is 19.5 Å². The van der Waals surface area contributed by atoms with Gasteiger partial charge >= 0.3 is 0 Å². The number of nitrogens with two attached hydrogens (primary N) is 1. The number of rotatable bonds is 4. The van der Waals surface area contributed by atoms with Crippen LogP contribution in [-0.4, -0.2) is 48.3 Å². The number of nitrogen functional groups attached to an aromatic ring is 1. The zero-order valence-electron chi connectivity index (χ0n) is 19.7. The van der Waals surface area contributed by atoms with E-state index in [4.69, 9.17) is 10.5 Å². The molecule has 6 rings (SSSR count). The van der Waals surface area contributed by atoms with E-state index in [1.807, 2.05) is 24.5 Å². The minimum Gasteiger partial charge on any atom is -0.399 e. The van der Waals surface area contributed by atoms with Gasteiger partial charge in [-0.2, -0.15) is 0 Å². The number of hydrogen-bond donors (Lipinski definition) is 3. The van der Waals surface area contributed by atoms with Gasteiger partial charge in [0, 0.05) is 12.2 Å². The zero-order valence-corrected chi connectivity index (χ0v) is 19.7. The number of imidazole rings is 1. The van der Waals surface area contributed by atoms with Crippen LogP contribution < -0.4 is 10.6 Å². The van der Waals surface area contributed by atoms with E-state index in [0.717, 1.165) is 42.5 Å². The minimum atomic E-state index is -1.07. The fraction of sp³-hybridized carbons (Fsp3) is 0.560. The average Bonchev–Trinajstić information content (AvgIpc) is 3.37. The van der Waals surface area contributed by atoms with Crippen LogP contribution in [0.1, 0.15) is 51.6 Å². The Bertz CT molecular complexity index is 1220. The number of anilines is 2. The summed E-state index contributed by atoms with van der Waals surface area (Å²) in [6.45, 7) is 4.77. The molecule has 2 aliphatic carbocycles. The van der Waals surface area contributed by atoms with Gasteiger partial charge in [-0.3, -0.25) is 4.98 Å². The summed E-state index contributed by atoms with van der Waals surface area (Å²) in [6, 6.07) is 5.85. The summed E-state index contributed by atoms with van der Waals surface area (Å²) in [5.41, 5.74) is 8.16. The summed E-state index contributed by atoms with van der Waals surface area (Å²) >= 11 is 0. The number of benzene rings is 1. The maximum absolute atomic E-state index is 10.8. The number of ether oxygens (including phenoxy) is 1. The molecular formula is C25H32N6O3. The van der Waals surface area contributed by atoms with Gasteiger partial charge in [-0.25, -0.2) is 9.97 Å². The maximum Gasteiger partial charge on any atom is 0.239 e. The maximum atomic E-state index is 10.8. The molecule has 3 atom stereocenters. The SMILES string of the molecule is CC(C)(O)c1cnc(N2C[C@@]3(CCC4(CC4)[C@@H](Cn4cnc5ccc(N)cc54)C3)OC2O)cn1. The summed E-state index contributed by atoms with van der Waals surface area (Å²) in [5, 5.41) is 21.0. The highest BCUT2D eigenvalue weighted by molar-refractivity contribution is 5.78. The number of aromatic nitrogens is 4. The molecule has 0 bridgehead atoms. The molecule has 0 radical (unpaired) electrons. The van der Waals surface area contributed by atoms with E-state index in [-0.39, 0.29) is 0 Å². The third-order valence-electron chi connectivity index (χ3n) is 8.16. The molecule has 0 amide bonds. The van der Waals surface area contributed by atoms with Crippen molar-refractivity contribution in [3.63, 3.8) is 0 Å². The lowest BCUT2D eigenvalue weighted by atomic mass is 9.69. The van der Waals surface area contributed by atoms with E-state index in [2.05, 4.69) is 19.5 Å². The quantitative estimate of drug-likeness (QED) is 0.504. The molecule has 2 aromatic heterocycles. The first kappa shape index (κ1) is 21.8. The molecular weight excluding hydrogens is 432 g/mol. The number of hydrogen-bond acceptors (Lipinski definition) is 8. The van der Waals surface area contributed by atoms with Crippen molar-refractivity contribution in [2.75, 3.05) is 17.2 Å². The van der Waals surface area contributed by atoms with Crippen LogP contribution in [-0.2, 0) is 16.9 Å². The van der Waals surface area contributed by atoms with Crippen molar-refractivity contribution in [3.8, 4) is 0 Å². The molecule has 9 nitrogen and oxygen atoms in total. The summed E-state index contributed by atoms with van der Waals surface area (Å²) in [4.78, 5) is 15.2. The Morgan fingerprint density at radius 2 is 1.94 bits per heavy atom. The lowest BCUT2D eigenvalue weighted by molar-refractivity contribution is -0.159. The normalized spacial score (nSPS) is 28.3. The Kier molecular flexibility index (Phi) is 4.72. The van der Waals surface area contributed by atoms with Gasteiger partial charge in [-0.05, 0) is 75.5 Å². The molecule has 1 aromatic carbocycles. The largest absolute Gasteiger partial charge is 0.399 e. The van der Waals surface area contributed by atoms with Crippen molar-refractivity contribution < 1.29 is 14.9 Å². The predicted octanol–water partition coefficient (Wildman–Crippen LogP) is 2.77. The van der Waals surface area contributed by atoms with Crippen LogP contribution in [0.2, 0.25) is 0 Å². The standard InChI is InChI=1S/C25H32N6O3/c1-23(2,33)20-11-28-21(12-27-20)31-14-25(34-22(31)32)8-7-24(5-6-24)16(10-25)13-30-15-29-18-4-3-17(26)9-19(18)30/h3-4,9,11-12,15-16,22,32-33H,5-8,10,13-14,26H2,1-2H3/t16-,22?,25+/m1/s1. The van der Waals surface area contributed by atoms with Crippen LogP contribution in [0.25, 0.3) is 11.0 Å². The topological polar surface area (TPSA) is 123 Å². The van der Waals surface area contributed by atoms with Gasteiger partial charge in [0.25, 0.3) is 0 Å². The molecule has 4 N–H and O–H groups in total. The van der Waals surface area contributed by atoms with Gasteiger partial charge in [0.1, 0.15) is 5.60 Å². The smallest absolute Gasteiger partial charge is 0.239 e. The van der Waals surface area contributed by atoms with Crippen LogP contribution >= 0.6 is 0 Å². The van der Waals surface area contributed by atoms with Crippen LogP contribution in [0.5, 0.6) is 0 Å². The van der Waals surface area contributed by atoms with E-state index in [1.54, 1.807) is 31.1 Å². The highest BCUT2D eigenvalue weighted by atomic mass is 16.7. The highest BCUT2D eigenvalue weighted by Crippen LogP contribution is 2.63. The Hall–Kier alpha value is -2.75. The molecule has 3 heterocycles. The number of aliphatic hydroxyl groups excluding tert-OH is 1. The molecule has 9 heteroatoms. The van der Waals surface area contributed by atoms with E-state index in [9.17, 15) is 10.2 Å². The van der Waals surface area contributed by atoms with Crippen LogP contribution in [0.4, 0.5) is 11.5 Å². The molecule has 3 aliphatic rings. The second-order valence-electron chi connectivity index (χ2n) is 11.0. The average molecular weight is 465 g/mol. The minimum absolute atomic E-state index is 0.359. The van der Waals surface area contributed by atoms with Gasteiger partial charge in [0.2, 0.25) is 6.41 Å². The molecule has 2 spiro atoms. The van der Waals surface area contributed by atoms with E-state index in [1.165, 1.54) is 12.8 Å². The van der Waals surface area contributed by atoms with Gasteiger partial charge in [-0.15, -0.1) is 0 Å². The van der Waals surface area contributed by atoms with Gasteiger partial charge in [-0.1, -0.05) is 0 Å². The summed E-state index contributed by atoms with van der Waals surface area (Å²) < 4.78 is 8.47. The molecule has 1 unspecified atom stereocenters. The van der Waals surface area contributed by atoms with E-state index >= 15 is 0 Å². The van der Waals surface area contributed by atoms with Gasteiger partial charge < -0.3 is 30.2 Å². The summed E-state index contributed by atoms with van der Waals surface area (Å²) in [6.07, 6.45) is 9.40. The Morgan fingerprint density at radius 3 is 2.65 bits per heavy atom. The predicted molar refractivity (Wildman–Crippen MR) is 128 cm³/mol. The molecule has 34 heavy (non-hydrogen) atoms. The fourth-order valence-electron chi connectivity index (χ4n) is 5.93. The Morgan fingerprint density at radius 1 is 1.15 bits per heavy atom. The van der Waals surface area contributed by atoms with Crippen molar-refractivity contribution in [1.29, 1.82) is 0 Å².